The number of fused-ring (bicyclic) bond motifs is 1. The lowest BCUT2D eigenvalue weighted by Gasteiger charge is -2.19. The van der Waals surface area contributed by atoms with Gasteiger partial charge in [-0.25, -0.2) is 4.79 Å². The first kappa shape index (κ1) is 16.7. The van der Waals surface area contributed by atoms with E-state index in [2.05, 4.69) is 15.6 Å². The van der Waals surface area contributed by atoms with Crippen molar-refractivity contribution in [2.24, 2.45) is 0 Å². The number of carbonyl (C=O) groups is 2. The van der Waals surface area contributed by atoms with Crippen molar-refractivity contribution in [2.45, 2.75) is 32.8 Å². The van der Waals surface area contributed by atoms with Crippen LogP contribution in [0.25, 0.3) is 10.8 Å². The molecule has 0 saturated heterocycles. The first-order valence-electron chi connectivity index (χ1n) is 7.44. The molecule has 0 fully saturated rings. The van der Waals surface area contributed by atoms with Crippen LogP contribution in [0.5, 0.6) is 0 Å². The largest absolute Gasteiger partial charge is 0.444 e. The molecule has 2 amide bonds. The molecule has 0 saturated carbocycles. The molecule has 0 aliphatic heterocycles. The smallest absolute Gasteiger partial charge is 0.407 e. The van der Waals surface area contributed by atoms with E-state index in [0.717, 1.165) is 10.8 Å². The third-order valence-electron chi connectivity index (χ3n) is 2.94. The van der Waals surface area contributed by atoms with E-state index in [1.54, 1.807) is 33.2 Å². The van der Waals surface area contributed by atoms with Crippen molar-refractivity contribution in [1.29, 1.82) is 0 Å². The normalized spacial score (nSPS) is 11.1. The van der Waals surface area contributed by atoms with Gasteiger partial charge >= 0.3 is 6.09 Å². The topological polar surface area (TPSA) is 80.3 Å². The Hall–Kier alpha value is -2.63. The Kier molecular flexibility index (Phi) is 5.16. The number of ether oxygens (including phenoxy) is 1. The first-order valence-corrected chi connectivity index (χ1v) is 7.44. The molecule has 0 atom stereocenters. The van der Waals surface area contributed by atoms with Crippen LogP contribution in [0.2, 0.25) is 0 Å². The van der Waals surface area contributed by atoms with Crippen molar-refractivity contribution in [3.8, 4) is 0 Å². The van der Waals surface area contributed by atoms with Crippen molar-refractivity contribution < 1.29 is 14.3 Å². The molecule has 1 aromatic carbocycles. The van der Waals surface area contributed by atoms with Crippen molar-refractivity contribution >= 4 is 28.5 Å². The number of hydrogen-bond donors (Lipinski definition) is 2. The molecule has 23 heavy (non-hydrogen) atoms. The molecular weight excluding hydrogens is 294 g/mol. The summed E-state index contributed by atoms with van der Waals surface area (Å²) < 4.78 is 5.10. The minimum Gasteiger partial charge on any atom is -0.444 e. The number of aromatic nitrogens is 1. The zero-order valence-corrected chi connectivity index (χ0v) is 13.6. The van der Waals surface area contributed by atoms with Crippen LogP contribution >= 0.6 is 0 Å². The number of amides is 2. The summed E-state index contributed by atoms with van der Waals surface area (Å²) in [6.45, 7) is 5.58. The monoisotopic (exact) mass is 315 g/mol. The van der Waals surface area contributed by atoms with Crippen LogP contribution in [0.1, 0.15) is 27.2 Å². The highest BCUT2D eigenvalue weighted by atomic mass is 16.6. The second-order valence-corrected chi connectivity index (χ2v) is 6.16. The molecule has 122 valence electrons. The van der Waals surface area contributed by atoms with Gasteiger partial charge in [-0.3, -0.25) is 9.78 Å². The van der Waals surface area contributed by atoms with E-state index in [1.165, 1.54) is 0 Å². The number of rotatable bonds is 4. The van der Waals surface area contributed by atoms with Crippen molar-refractivity contribution in [3.63, 3.8) is 0 Å². The maximum Gasteiger partial charge on any atom is 0.407 e. The molecule has 0 bridgehead atoms. The lowest BCUT2D eigenvalue weighted by Crippen LogP contribution is -2.34. The van der Waals surface area contributed by atoms with Gasteiger partial charge in [0.2, 0.25) is 5.91 Å². The predicted octanol–water partition coefficient (Wildman–Crippen LogP) is 3.09. The van der Waals surface area contributed by atoms with Gasteiger partial charge in [0.15, 0.2) is 0 Å². The Morgan fingerprint density at radius 1 is 1.17 bits per heavy atom. The van der Waals surface area contributed by atoms with Gasteiger partial charge in [-0.1, -0.05) is 6.07 Å². The maximum atomic E-state index is 11.9. The van der Waals surface area contributed by atoms with Gasteiger partial charge in [0.1, 0.15) is 5.60 Å². The fourth-order valence-corrected chi connectivity index (χ4v) is 1.98. The third kappa shape index (κ3) is 5.58. The van der Waals surface area contributed by atoms with Gasteiger partial charge in [-0.15, -0.1) is 0 Å². The number of nitrogens with zero attached hydrogens (tertiary/aromatic N) is 1. The number of carbonyl (C=O) groups excluding carboxylic acids is 2. The van der Waals surface area contributed by atoms with Crippen molar-refractivity contribution in [1.82, 2.24) is 10.3 Å². The highest BCUT2D eigenvalue weighted by molar-refractivity contribution is 5.94. The van der Waals surface area contributed by atoms with E-state index in [-0.39, 0.29) is 18.9 Å². The van der Waals surface area contributed by atoms with Gasteiger partial charge in [0, 0.05) is 36.4 Å². The second-order valence-electron chi connectivity index (χ2n) is 6.16. The first-order chi connectivity index (χ1) is 10.8. The van der Waals surface area contributed by atoms with Crippen LogP contribution in [0.15, 0.2) is 36.7 Å². The highest BCUT2D eigenvalue weighted by Gasteiger charge is 2.15. The molecule has 2 rings (SSSR count). The minimum atomic E-state index is -0.549. The number of pyridine rings is 1. The zero-order valence-electron chi connectivity index (χ0n) is 13.6. The van der Waals surface area contributed by atoms with Gasteiger partial charge in [-0.2, -0.15) is 0 Å². The van der Waals surface area contributed by atoms with Crippen LogP contribution in [0, 0.1) is 0 Å². The van der Waals surface area contributed by atoms with E-state index >= 15 is 0 Å². The molecular formula is C17H21N3O3. The molecule has 0 radical (unpaired) electrons. The Morgan fingerprint density at radius 2 is 1.96 bits per heavy atom. The number of hydrogen-bond acceptors (Lipinski definition) is 4. The molecule has 6 heteroatoms. The summed E-state index contributed by atoms with van der Waals surface area (Å²) in [5.74, 6) is -0.172. The quantitative estimate of drug-likeness (QED) is 0.908. The number of anilines is 1. The Balaban J connectivity index is 1.81. The number of benzene rings is 1. The average Bonchev–Trinajstić information content (AvgIpc) is 2.45. The summed E-state index contributed by atoms with van der Waals surface area (Å²) in [4.78, 5) is 27.4. The number of nitrogens with one attached hydrogen (secondary N) is 2. The molecule has 1 aromatic heterocycles. The fraction of sp³-hybridized carbons (Fsp3) is 0.353. The van der Waals surface area contributed by atoms with Crippen molar-refractivity contribution in [3.05, 3.63) is 36.7 Å². The summed E-state index contributed by atoms with van der Waals surface area (Å²) in [6.07, 6.45) is 3.13. The summed E-state index contributed by atoms with van der Waals surface area (Å²) >= 11 is 0. The van der Waals surface area contributed by atoms with Gasteiger partial charge in [0.25, 0.3) is 0 Å². The second kappa shape index (κ2) is 7.09. The minimum absolute atomic E-state index is 0.172. The Labute approximate surface area is 135 Å². The predicted molar refractivity (Wildman–Crippen MR) is 89.2 cm³/mol. The standard InChI is InChI=1S/C17H21N3O3/c1-17(2,3)23-16(22)19-9-7-15(21)20-14-5-4-13-11-18-8-6-12(13)10-14/h4-6,8,10-11H,7,9H2,1-3H3,(H,19,22)(H,20,21). The lowest BCUT2D eigenvalue weighted by molar-refractivity contribution is -0.116. The molecule has 0 spiro atoms. The highest BCUT2D eigenvalue weighted by Crippen LogP contribution is 2.18. The summed E-state index contributed by atoms with van der Waals surface area (Å²) in [5, 5.41) is 7.38. The molecule has 1 heterocycles. The van der Waals surface area contributed by atoms with Gasteiger partial charge in [0.05, 0.1) is 0 Å². The third-order valence-corrected chi connectivity index (χ3v) is 2.94. The van der Waals surface area contributed by atoms with Crippen LogP contribution < -0.4 is 10.6 Å². The summed E-state index contributed by atoms with van der Waals surface area (Å²) in [5.41, 5.74) is 0.165. The molecule has 0 aliphatic carbocycles. The Morgan fingerprint density at radius 3 is 2.70 bits per heavy atom. The van der Waals surface area contributed by atoms with E-state index in [0.29, 0.717) is 5.69 Å². The van der Waals surface area contributed by atoms with E-state index < -0.39 is 11.7 Å². The molecule has 6 nitrogen and oxygen atoms in total. The fourth-order valence-electron chi connectivity index (χ4n) is 1.98. The Bertz CT molecular complexity index is 708. The van der Waals surface area contributed by atoms with Gasteiger partial charge < -0.3 is 15.4 Å². The van der Waals surface area contributed by atoms with Crippen LogP contribution in [-0.4, -0.2) is 29.1 Å². The van der Waals surface area contributed by atoms with Crippen LogP contribution in [0.4, 0.5) is 10.5 Å². The average molecular weight is 315 g/mol. The summed E-state index contributed by atoms with van der Waals surface area (Å²) in [7, 11) is 0. The number of alkyl carbamates (subject to hydrolysis) is 1. The van der Waals surface area contributed by atoms with Crippen LogP contribution in [0.3, 0.4) is 0 Å². The van der Waals surface area contributed by atoms with E-state index in [9.17, 15) is 9.59 Å². The van der Waals surface area contributed by atoms with Crippen LogP contribution in [-0.2, 0) is 9.53 Å². The lowest BCUT2D eigenvalue weighted by atomic mass is 10.1. The molecule has 0 aliphatic rings. The maximum absolute atomic E-state index is 11.9. The zero-order chi connectivity index (χ0) is 16.9. The van der Waals surface area contributed by atoms with Crippen molar-refractivity contribution in [2.75, 3.05) is 11.9 Å². The van der Waals surface area contributed by atoms with E-state index in [1.807, 2.05) is 24.3 Å². The SMILES string of the molecule is CC(C)(C)OC(=O)NCCC(=O)Nc1ccc2cnccc2c1. The van der Waals surface area contributed by atoms with Gasteiger partial charge in [-0.05, 0) is 44.4 Å². The molecule has 2 N–H and O–H groups in total. The molecule has 2 aromatic rings. The van der Waals surface area contributed by atoms with E-state index in [4.69, 9.17) is 4.74 Å². The summed E-state index contributed by atoms with van der Waals surface area (Å²) in [6, 6.07) is 7.49. The molecule has 0 unspecified atom stereocenters.